The molecule has 1 nitrogen and oxygen atoms in total. The number of rotatable bonds is 6. The van der Waals surface area contributed by atoms with Crippen LogP contribution in [-0.2, 0) is 0 Å². The Morgan fingerprint density at radius 1 is 0.208 bits per heavy atom. The number of hydrogen-bond acceptors (Lipinski definition) is 1. The normalized spacial score (nSPS) is 11.4. The van der Waals surface area contributed by atoms with E-state index in [1.54, 1.807) is 0 Å². The molecule has 248 valence electrons. The van der Waals surface area contributed by atoms with Crippen molar-refractivity contribution in [2.24, 2.45) is 0 Å². The first kappa shape index (κ1) is 30.8. The van der Waals surface area contributed by atoms with Crippen molar-refractivity contribution in [3.63, 3.8) is 0 Å². The fraction of sp³-hybridized carbons (Fsp3) is 0. The zero-order chi connectivity index (χ0) is 35.1. The van der Waals surface area contributed by atoms with Gasteiger partial charge in [0.25, 0.3) is 0 Å². The molecule has 0 aliphatic heterocycles. The zero-order valence-electron chi connectivity index (χ0n) is 29.2. The molecule has 10 aromatic carbocycles. The Labute approximate surface area is 309 Å². The van der Waals surface area contributed by atoms with Gasteiger partial charge in [-0.3, -0.25) is 0 Å². The molecule has 0 radical (unpaired) electrons. The lowest BCUT2D eigenvalue weighted by molar-refractivity contribution is 1.28. The van der Waals surface area contributed by atoms with Gasteiger partial charge in [-0.15, -0.1) is 0 Å². The van der Waals surface area contributed by atoms with E-state index >= 15 is 0 Å². The number of nitrogens with zero attached hydrogens (tertiary/aromatic N) is 1. The molecule has 0 N–H and O–H groups in total. The van der Waals surface area contributed by atoms with Gasteiger partial charge < -0.3 is 4.90 Å². The maximum Gasteiger partial charge on any atom is 0.0467 e. The van der Waals surface area contributed by atoms with Gasteiger partial charge in [0.2, 0.25) is 0 Å². The van der Waals surface area contributed by atoms with Gasteiger partial charge in [0.1, 0.15) is 0 Å². The van der Waals surface area contributed by atoms with Gasteiger partial charge in [-0.2, -0.15) is 0 Å². The molecule has 1 heteroatoms. The van der Waals surface area contributed by atoms with Crippen LogP contribution in [0.4, 0.5) is 17.1 Å². The Bertz CT molecular complexity index is 2860. The van der Waals surface area contributed by atoms with E-state index in [-0.39, 0.29) is 0 Å². The fourth-order valence-electron chi connectivity index (χ4n) is 8.01. The molecule has 0 spiro atoms. The molecule has 0 aliphatic carbocycles. The Morgan fingerprint density at radius 3 is 1.04 bits per heavy atom. The SMILES string of the molecule is c1ccc(-c2cccc(N(c3cccc(-c4ccccc4)c3)c3cccc(-c4ccc5cc6c7ccccc7c7ccccc7c6cc5c4)c3)c2)cc1. The highest BCUT2D eigenvalue weighted by atomic mass is 15.1. The summed E-state index contributed by atoms with van der Waals surface area (Å²) in [5, 5.41) is 10.3. The number of hydrogen-bond donors (Lipinski definition) is 0. The molecule has 0 fully saturated rings. The summed E-state index contributed by atoms with van der Waals surface area (Å²) in [6.07, 6.45) is 0. The molecular weight excluding hydrogens is 639 g/mol. The maximum atomic E-state index is 2.39. The van der Waals surface area contributed by atoms with Crippen molar-refractivity contribution in [3.8, 4) is 33.4 Å². The lowest BCUT2D eigenvalue weighted by Crippen LogP contribution is -2.10. The molecule has 0 heterocycles. The van der Waals surface area contributed by atoms with Crippen molar-refractivity contribution in [1.82, 2.24) is 0 Å². The van der Waals surface area contributed by atoms with Crippen molar-refractivity contribution >= 4 is 60.2 Å². The summed E-state index contributed by atoms with van der Waals surface area (Å²) in [6.45, 7) is 0. The fourth-order valence-corrected chi connectivity index (χ4v) is 8.01. The molecule has 0 unspecified atom stereocenters. The minimum atomic E-state index is 1.11. The summed E-state index contributed by atoms with van der Waals surface area (Å²) in [5.74, 6) is 0. The maximum absolute atomic E-state index is 2.39. The highest BCUT2D eigenvalue weighted by molar-refractivity contribution is 6.27. The summed E-state index contributed by atoms with van der Waals surface area (Å²) < 4.78 is 0. The molecule has 10 rings (SSSR count). The molecule has 0 bridgehead atoms. The minimum absolute atomic E-state index is 1.11. The summed E-state index contributed by atoms with van der Waals surface area (Å²) in [4.78, 5) is 2.38. The van der Waals surface area contributed by atoms with Crippen LogP contribution in [0.3, 0.4) is 0 Å². The molecule has 0 saturated carbocycles. The van der Waals surface area contributed by atoms with Crippen LogP contribution < -0.4 is 4.90 Å². The summed E-state index contributed by atoms with van der Waals surface area (Å²) >= 11 is 0. The first-order valence-corrected chi connectivity index (χ1v) is 18.3. The molecule has 0 aliphatic rings. The van der Waals surface area contributed by atoms with Crippen molar-refractivity contribution < 1.29 is 0 Å². The average Bonchev–Trinajstić information content (AvgIpc) is 3.24. The molecular formula is C52H35N. The van der Waals surface area contributed by atoms with Gasteiger partial charge >= 0.3 is 0 Å². The molecule has 0 saturated heterocycles. The topological polar surface area (TPSA) is 3.24 Å². The third kappa shape index (κ3) is 5.60. The second kappa shape index (κ2) is 13.0. The van der Waals surface area contributed by atoms with E-state index in [0.29, 0.717) is 0 Å². The second-order valence-corrected chi connectivity index (χ2v) is 13.8. The molecule has 53 heavy (non-hydrogen) atoms. The van der Waals surface area contributed by atoms with Crippen molar-refractivity contribution in [1.29, 1.82) is 0 Å². The molecule has 10 aromatic rings. The lowest BCUT2D eigenvalue weighted by atomic mass is 9.91. The van der Waals surface area contributed by atoms with Crippen LogP contribution in [0.25, 0.3) is 76.5 Å². The Hall–Kier alpha value is -6.96. The first-order valence-electron chi connectivity index (χ1n) is 18.3. The Kier molecular flexibility index (Phi) is 7.55. The van der Waals surface area contributed by atoms with Crippen molar-refractivity contribution in [2.45, 2.75) is 0 Å². The second-order valence-electron chi connectivity index (χ2n) is 13.8. The summed E-state index contributed by atoms with van der Waals surface area (Å²) in [7, 11) is 0. The van der Waals surface area contributed by atoms with Crippen LogP contribution in [0, 0.1) is 0 Å². The van der Waals surface area contributed by atoms with Gasteiger partial charge in [-0.25, -0.2) is 0 Å². The monoisotopic (exact) mass is 673 g/mol. The van der Waals surface area contributed by atoms with Crippen LogP contribution in [0.2, 0.25) is 0 Å². The predicted molar refractivity (Wildman–Crippen MR) is 227 cm³/mol. The van der Waals surface area contributed by atoms with Gasteiger partial charge in [0.15, 0.2) is 0 Å². The predicted octanol–water partition coefficient (Wildman–Crippen LogP) is 14.8. The quantitative estimate of drug-likeness (QED) is 0.125. The van der Waals surface area contributed by atoms with Crippen molar-refractivity contribution in [2.75, 3.05) is 4.90 Å². The molecule has 0 amide bonds. The standard InChI is InChI=1S/C52H35N/c1-3-14-36(15-4-1)38-18-11-21-44(31-38)53(45-22-12-19-39(32-45)37-16-5-2-6-17-37)46-23-13-20-40(33-46)41-28-29-42-34-51-49-26-9-7-24-47(49)48-25-8-10-27-50(48)52(51)35-43(42)30-41/h1-35H. The number of benzene rings is 10. The van der Waals surface area contributed by atoms with Crippen LogP contribution in [0.1, 0.15) is 0 Å². The van der Waals surface area contributed by atoms with E-state index < -0.39 is 0 Å². The third-order valence-electron chi connectivity index (χ3n) is 10.6. The van der Waals surface area contributed by atoms with Gasteiger partial charge in [0.05, 0.1) is 0 Å². The number of fused-ring (bicyclic) bond motifs is 7. The Balaban J connectivity index is 1.12. The van der Waals surface area contributed by atoms with Gasteiger partial charge in [-0.05, 0) is 131 Å². The van der Waals surface area contributed by atoms with Crippen LogP contribution >= 0.6 is 0 Å². The van der Waals surface area contributed by atoms with Crippen LogP contribution in [-0.4, -0.2) is 0 Å². The van der Waals surface area contributed by atoms with Crippen LogP contribution in [0.15, 0.2) is 212 Å². The minimum Gasteiger partial charge on any atom is -0.310 e. The van der Waals surface area contributed by atoms with E-state index in [0.717, 1.165) is 17.1 Å². The van der Waals surface area contributed by atoms with E-state index in [1.165, 1.54) is 76.5 Å². The molecule has 0 aromatic heterocycles. The summed E-state index contributed by atoms with van der Waals surface area (Å²) in [6, 6.07) is 77.2. The van der Waals surface area contributed by atoms with E-state index in [9.17, 15) is 0 Å². The average molecular weight is 674 g/mol. The number of anilines is 3. The van der Waals surface area contributed by atoms with Crippen LogP contribution in [0.5, 0.6) is 0 Å². The van der Waals surface area contributed by atoms with E-state index in [1.807, 2.05) is 0 Å². The van der Waals surface area contributed by atoms with Gasteiger partial charge in [-0.1, -0.05) is 158 Å². The molecule has 0 atom stereocenters. The lowest BCUT2D eigenvalue weighted by Gasteiger charge is -2.27. The van der Waals surface area contributed by atoms with Crippen molar-refractivity contribution in [3.05, 3.63) is 212 Å². The highest BCUT2D eigenvalue weighted by Gasteiger charge is 2.16. The Morgan fingerprint density at radius 2 is 0.566 bits per heavy atom. The largest absolute Gasteiger partial charge is 0.310 e. The first-order chi connectivity index (χ1) is 26.3. The summed E-state index contributed by atoms with van der Waals surface area (Å²) in [5.41, 5.74) is 10.5. The third-order valence-corrected chi connectivity index (χ3v) is 10.6. The van der Waals surface area contributed by atoms with E-state index in [4.69, 9.17) is 0 Å². The van der Waals surface area contributed by atoms with Gasteiger partial charge in [0, 0.05) is 17.1 Å². The van der Waals surface area contributed by atoms with E-state index in [2.05, 4.69) is 217 Å². The highest BCUT2D eigenvalue weighted by Crippen LogP contribution is 2.41. The smallest absolute Gasteiger partial charge is 0.0467 e. The zero-order valence-corrected chi connectivity index (χ0v) is 29.2.